The van der Waals surface area contributed by atoms with E-state index in [-0.39, 0.29) is 28.2 Å². The van der Waals surface area contributed by atoms with Gasteiger partial charge in [-0.1, -0.05) is 77.8 Å². The number of amides is 3. The predicted molar refractivity (Wildman–Crippen MR) is 157 cm³/mol. The first-order valence-corrected chi connectivity index (χ1v) is 13.7. The maximum absolute atomic E-state index is 13.2. The first-order valence-electron chi connectivity index (χ1n) is 12.9. The number of imidazole rings is 1. The van der Waals surface area contributed by atoms with Crippen molar-refractivity contribution in [2.45, 2.75) is 31.3 Å². The van der Waals surface area contributed by atoms with Gasteiger partial charge in [-0.3, -0.25) is 4.79 Å². The topological polar surface area (TPSA) is 125 Å². The van der Waals surface area contributed by atoms with Crippen molar-refractivity contribution >= 4 is 41.1 Å². The van der Waals surface area contributed by atoms with Crippen LogP contribution in [-0.2, 0) is 11.2 Å². The summed E-state index contributed by atoms with van der Waals surface area (Å²) in [6.45, 7) is 0.921. The summed E-state index contributed by atoms with van der Waals surface area (Å²) in [6, 6.07) is 19.8. The fourth-order valence-corrected chi connectivity index (χ4v) is 5.45. The van der Waals surface area contributed by atoms with Crippen molar-refractivity contribution in [1.29, 1.82) is 0 Å². The van der Waals surface area contributed by atoms with Crippen LogP contribution in [0.15, 0.2) is 79.3 Å². The van der Waals surface area contributed by atoms with Crippen LogP contribution in [0.5, 0.6) is 0 Å². The van der Waals surface area contributed by atoms with E-state index < -0.39 is 23.4 Å². The van der Waals surface area contributed by atoms with Crippen molar-refractivity contribution in [2.75, 3.05) is 6.54 Å². The average Bonchev–Trinajstić information content (AvgIpc) is 3.60. The number of aromatic nitrogens is 2. The maximum atomic E-state index is 13.2. The maximum Gasteiger partial charge on any atom is 0.330 e. The Bertz CT molecular complexity index is 1600. The molecule has 2 atom stereocenters. The lowest BCUT2D eigenvalue weighted by atomic mass is 10.0. The standard InChI is InChI=1S/C30H27Cl2N5O4/c1-30(28(39)40,16-33-29(41)35-24-12-11-18-7-5-6-10-21(18)24)36-27(38)26-22(31)13-20(14-23(26)32)37-15-25(34-17-37)19-8-3-2-4-9-19/h2-10,13-15,17,24H,11-12,16H2,1H3,(H,36,38)(H,39,40)(H2,33,35,41)/t24-,30-/m1/s1. The van der Waals surface area contributed by atoms with Gasteiger partial charge in [0.25, 0.3) is 5.91 Å². The van der Waals surface area contributed by atoms with Gasteiger partial charge >= 0.3 is 12.0 Å². The number of hydrogen-bond donors (Lipinski definition) is 4. The van der Waals surface area contributed by atoms with Gasteiger partial charge in [-0.2, -0.15) is 0 Å². The zero-order valence-electron chi connectivity index (χ0n) is 22.0. The summed E-state index contributed by atoms with van der Waals surface area (Å²) < 4.78 is 1.72. The summed E-state index contributed by atoms with van der Waals surface area (Å²) in [7, 11) is 0. The molecule has 0 fully saturated rings. The molecule has 1 aliphatic rings. The van der Waals surface area contributed by atoms with Gasteiger partial charge in [0, 0.05) is 17.4 Å². The quantitative estimate of drug-likeness (QED) is 0.218. The highest BCUT2D eigenvalue weighted by molar-refractivity contribution is 6.40. The Kier molecular flexibility index (Phi) is 8.01. The number of carbonyl (C=O) groups excluding carboxylic acids is 2. The molecule has 0 radical (unpaired) electrons. The van der Waals surface area contributed by atoms with Crippen LogP contribution in [0.4, 0.5) is 4.79 Å². The van der Waals surface area contributed by atoms with Gasteiger partial charge in [0.1, 0.15) is 0 Å². The van der Waals surface area contributed by atoms with Gasteiger partial charge < -0.3 is 25.6 Å². The lowest BCUT2D eigenvalue weighted by molar-refractivity contribution is -0.143. The van der Waals surface area contributed by atoms with E-state index in [0.717, 1.165) is 29.7 Å². The summed E-state index contributed by atoms with van der Waals surface area (Å²) in [5.74, 6) is -2.13. The molecule has 9 nitrogen and oxygen atoms in total. The van der Waals surface area contributed by atoms with Gasteiger partial charge in [-0.15, -0.1) is 0 Å². The number of aliphatic carboxylic acids is 1. The molecule has 0 unspecified atom stereocenters. The minimum Gasteiger partial charge on any atom is -0.479 e. The Morgan fingerprint density at radius 1 is 1.05 bits per heavy atom. The first kappa shape index (κ1) is 28.2. The van der Waals surface area contributed by atoms with Crippen molar-refractivity contribution in [1.82, 2.24) is 25.5 Å². The number of benzene rings is 3. The number of aryl methyl sites for hydroxylation is 1. The Balaban J connectivity index is 1.27. The third kappa shape index (κ3) is 6.06. The second-order valence-electron chi connectivity index (χ2n) is 10.0. The lowest BCUT2D eigenvalue weighted by Crippen LogP contribution is -2.59. The van der Waals surface area contributed by atoms with E-state index in [4.69, 9.17) is 23.2 Å². The minimum atomic E-state index is -1.84. The SMILES string of the molecule is C[C@](CNC(=O)N[C@@H]1CCc2ccccc21)(NC(=O)c1c(Cl)cc(-n2cnc(-c3ccccc3)c2)cc1Cl)C(=O)O. The van der Waals surface area contributed by atoms with E-state index >= 15 is 0 Å². The second kappa shape index (κ2) is 11.6. The number of carbonyl (C=O) groups is 3. The summed E-state index contributed by atoms with van der Waals surface area (Å²) in [5.41, 5.74) is 2.52. The minimum absolute atomic E-state index is 0.0262. The average molecular weight is 592 g/mol. The number of hydrogen-bond acceptors (Lipinski definition) is 4. The van der Waals surface area contributed by atoms with Crippen LogP contribution in [0.2, 0.25) is 10.0 Å². The largest absolute Gasteiger partial charge is 0.479 e. The second-order valence-corrected chi connectivity index (χ2v) is 10.8. The summed E-state index contributed by atoms with van der Waals surface area (Å²) >= 11 is 12.9. The molecular formula is C30H27Cl2N5O4. The van der Waals surface area contributed by atoms with Crippen molar-refractivity contribution in [3.8, 4) is 16.9 Å². The van der Waals surface area contributed by atoms with Crippen LogP contribution in [0.3, 0.4) is 0 Å². The van der Waals surface area contributed by atoms with Crippen LogP contribution in [0.1, 0.15) is 40.9 Å². The van der Waals surface area contributed by atoms with Gasteiger partial charge in [-0.05, 0) is 43.0 Å². The molecule has 3 amide bonds. The molecule has 1 aliphatic carbocycles. The van der Waals surface area contributed by atoms with Crippen LogP contribution in [0, 0.1) is 0 Å². The zero-order chi connectivity index (χ0) is 29.1. The number of halogens is 2. The van der Waals surface area contributed by atoms with Crippen molar-refractivity contribution in [2.24, 2.45) is 0 Å². The molecule has 210 valence electrons. The number of nitrogens with zero attached hydrogens (tertiary/aromatic N) is 2. The molecule has 0 saturated heterocycles. The highest BCUT2D eigenvalue weighted by Crippen LogP contribution is 2.31. The first-order chi connectivity index (χ1) is 19.6. The fraction of sp³-hybridized carbons (Fsp3) is 0.200. The molecule has 11 heteroatoms. The van der Waals surface area contributed by atoms with E-state index in [1.807, 2.05) is 54.6 Å². The van der Waals surface area contributed by atoms with Crippen LogP contribution >= 0.6 is 23.2 Å². The zero-order valence-corrected chi connectivity index (χ0v) is 23.5. The van der Waals surface area contributed by atoms with E-state index in [9.17, 15) is 19.5 Å². The van der Waals surface area contributed by atoms with Crippen LogP contribution in [-0.4, -0.2) is 44.6 Å². The smallest absolute Gasteiger partial charge is 0.330 e. The normalized spacial score (nSPS) is 15.4. The third-order valence-corrected chi connectivity index (χ3v) is 7.70. The Hall–Kier alpha value is -4.34. The number of fused-ring (bicyclic) bond motifs is 1. The van der Waals surface area contributed by atoms with Crippen LogP contribution in [0.25, 0.3) is 16.9 Å². The van der Waals surface area contributed by atoms with Gasteiger partial charge in [0.2, 0.25) is 0 Å². The summed E-state index contributed by atoms with van der Waals surface area (Å²) in [6.07, 6.45) is 5.00. The fourth-order valence-electron chi connectivity index (χ4n) is 4.81. The molecular weight excluding hydrogens is 565 g/mol. The molecule has 4 aromatic rings. The highest BCUT2D eigenvalue weighted by atomic mass is 35.5. The van der Waals surface area contributed by atoms with E-state index in [0.29, 0.717) is 5.69 Å². The van der Waals surface area contributed by atoms with E-state index in [1.54, 1.807) is 29.2 Å². The van der Waals surface area contributed by atoms with E-state index in [2.05, 4.69) is 20.9 Å². The molecule has 4 N–H and O–H groups in total. The third-order valence-electron chi connectivity index (χ3n) is 7.11. The van der Waals surface area contributed by atoms with Crippen molar-refractivity contribution in [3.05, 3.63) is 106 Å². The van der Waals surface area contributed by atoms with Crippen molar-refractivity contribution in [3.63, 3.8) is 0 Å². The van der Waals surface area contributed by atoms with E-state index in [1.165, 1.54) is 12.5 Å². The molecule has 0 aliphatic heterocycles. The Morgan fingerprint density at radius 3 is 2.44 bits per heavy atom. The molecule has 5 rings (SSSR count). The van der Waals surface area contributed by atoms with Crippen molar-refractivity contribution < 1.29 is 19.5 Å². The molecule has 1 aromatic heterocycles. The number of urea groups is 1. The number of rotatable bonds is 8. The predicted octanol–water partition coefficient (Wildman–Crippen LogP) is 5.41. The molecule has 0 saturated carbocycles. The Morgan fingerprint density at radius 2 is 1.73 bits per heavy atom. The monoisotopic (exact) mass is 591 g/mol. The van der Waals surface area contributed by atoms with Gasteiger partial charge in [-0.25, -0.2) is 14.6 Å². The lowest BCUT2D eigenvalue weighted by Gasteiger charge is -2.27. The Labute approximate surface area is 246 Å². The number of carboxylic acids is 1. The van der Waals surface area contributed by atoms with Gasteiger partial charge in [0.05, 0.1) is 40.2 Å². The molecule has 0 bridgehead atoms. The van der Waals surface area contributed by atoms with Crippen LogP contribution < -0.4 is 16.0 Å². The molecule has 3 aromatic carbocycles. The summed E-state index contributed by atoms with van der Waals surface area (Å²) in [5, 5.41) is 17.9. The molecule has 0 spiro atoms. The van der Waals surface area contributed by atoms with Gasteiger partial charge in [0.15, 0.2) is 5.54 Å². The molecule has 1 heterocycles. The summed E-state index contributed by atoms with van der Waals surface area (Å²) in [4.78, 5) is 42.4. The number of nitrogens with one attached hydrogen (secondary N) is 3. The highest BCUT2D eigenvalue weighted by Gasteiger charge is 2.37. The molecule has 41 heavy (non-hydrogen) atoms. The number of carboxylic acid groups (broad SMARTS) is 1.